The van der Waals surface area contributed by atoms with Crippen LogP contribution in [-0.2, 0) is 11.2 Å². The van der Waals surface area contributed by atoms with Gasteiger partial charge in [-0.3, -0.25) is 4.79 Å². The minimum atomic E-state index is -0.122. The first-order chi connectivity index (χ1) is 8.63. The van der Waals surface area contributed by atoms with Crippen LogP contribution in [0.5, 0.6) is 0 Å². The lowest BCUT2D eigenvalue weighted by atomic mass is 10.1. The molecular formula is C13H10BrClN2O. The van der Waals surface area contributed by atoms with E-state index in [0.29, 0.717) is 10.8 Å². The van der Waals surface area contributed by atoms with Gasteiger partial charge in [-0.2, -0.15) is 0 Å². The van der Waals surface area contributed by atoms with Gasteiger partial charge in [0.05, 0.1) is 6.42 Å². The van der Waals surface area contributed by atoms with Crippen molar-refractivity contribution in [2.24, 2.45) is 0 Å². The quantitative estimate of drug-likeness (QED) is 0.935. The summed E-state index contributed by atoms with van der Waals surface area (Å²) in [5.74, 6) is 0.402. The smallest absolute Gasteiger partial charge is 0.229 e. The van der Waals surface area contributed by atoms with Crippen LogP contribution in [0.4, 0.5) is 5.82 Å². The molecule has 0 spiro atoms. The molecule has 1 aromatic heterocycles. The van der Waals surface area contributed by atoms with Gasteiger partial charge in [0.25, 0.3) is 0 Å². The van der Waals surface area contributed by atoms with Crippen LogP contribution in [-0.4, -0.2) is 10.9 Å². The summed E-state index contributed by atoms with van der Waals surface area (Å²) in [5.41, 5.74) is 0.870. The number of rotatable bonds is 3. The highest BCUT2D eigenvalue weighted by atomic mass is 79.9. The predicted molar refractivity (Wildman–Crippen MR) is 75.7 cm³/mol. The number of hydrogen-bond donors (Lipinski definition) is 1. The summed E-state index contributed by atoms with van der Waals surface area (Å²) < 4.78 is 0.871. The van der Waals surface area contributed by atoms with Crippen molar-refractivity contribution in [2.75, 3.05) is 5.32 Å². The van der Waals surface area contributed by atoms with E-state index >= 15 is 0 Å². The predicted octanol–water partition coefficient (Wildman–Crippen LogP) is 3.68. The number of carbonyl (C=O) groups excluding carboxylic acids is 1. The monoisotopic (exact) mass is 324 g/mol. The Morgan fingerprint density at radius 1 is 1.33 bits per heavy atom. The number of benzene rings is 1. The third-order valence-corrected chi connectivity index (χ3v) is 2.97. The number of halogens is 2. The fourth-order valence-corrected chi connectivity index (χ4v) is 2.04. The van der Waals surface area contributed by atoms with Crippen LogP contribution in [0.15, 0.2) is 47.1 Å². The van der Waals surface area contributed by atoms with E-state index in [4.69, 9.17) is 11.6 Å². The Hall–Kier alpha value is -1.39. The van der Waals surface area contributed by atoms with Crippen LogP contribution in [0.1, 0.15) is 5.56 Å². The van der Waals surface area contributed by atoms with Gasteiger partial charge in [-0.1, -0.05) is 39.7 Å². The third-order valence-electron chi connectivity index (χ3n) is 2.24. The Morgan fingerprint density at radius 3 is 2.89 bits per heavy atom. The molecule has 1 aromatic carbocycles. The molecule has 3 nitrogen and oxygen atoms in total. The first-order valence-corrected chi connectivity index (χ1v) is 6.46. The Labute approximate surface area is 118 Å². The van der Waals surface area contributed by atoms with Crippen molar-refractivity contribution in [1.82, 2.24) is 4.98 Å². The van der Waals surface area contributed by atoms with Crippen molar-refractivity contribution in [3.05, 3.63) is 57.7 Å². The lowest BCUT2D eigenvalue weighted by Crippen LogP contribution is -2.15. The van der Waals surface area contributed by atoms with Crippen molar-refractivity contribution in [3.8, 4) is 0 Å². The molecule has 0 unspecified atom stereocenters. The van der Waals surface area contributed by atoms with Crippen molar-refractivity contribution < 1.29 is 4.79 Å². The number of aromatic nitrogens is 1. The van der Waals surface area contributed by atoms with Crippen LogP contribution in [0.25, 0.3) is 0 Å². The first kappa shape index (κ1) is 13.1. The lowest BCUT2D eigenvalue weighted by Gasteiger charge is -2.05. The van der Waals surface area contributed by atoms with Crippen molar-refractivity contribution in [1.29, 1.82) is 0 Å². The summed E-state index contributed by atoms with van der Waals surface area (Å²) in [6.45, 7) is 0. The van der Waals surface area contributed by atoms with Crippen LogP contribution in [0, 0.1) is 0 Å². The molecule has 0 bridgehead atoms. The van der Waals surface area contributed by atoms with E-state index in [0.717, 1.165) is 10.0 Å². The van der Waals surface area contributed by atoms with Crippen LogP contribution < -0.4 is 5.32 Å². The van der Waals surface area contributed by atoms with Crippen LogP contribution in [0.3, 0.4) is 0 Å². The number of carbonyl (C=O) groups is 1. The number of anilines is 1. The number of hydrogen-bond acceptors (Lipinski definition) is 2. The summed E-state index contributed by atoms with van der Waals surface area (Å²) >= 11 is 9.18. The molecule has 0 saturated carbocycles. The Balaban J connectivity index is 2.01. The second kappa shape index (κ2) is 5.98. The highest BCUT2D eigenvalue weighted by molar-refractivity contribution is 9.10. The normalized spacial score (nSPS) is 10.1. The Bertz CT molecular complexity index is 525. The van der Waals surface area contributed by atoms with Gasteiger partial charge in [-0.25, -0.2) is 4.98 Å². The van der Waals surface area contributed by atoms with E-state index in [9.17, 15) is 4.79 Å². The molecule has 0 atom stereocenters. The molecule has 0 saturated heterocycles. The molecule has 1 N–H and O–H groups in total. The maximum absolute atomic E-state index is 11.8. The minimum Gasteiger partial charge on any atom is -0.310 e. The minimum absolute atomic E-state index is 0.122. The standard InChI is InChI=1S/C13H10BrClN2O/c14-10-4-5-16-12(8-10)17-13(18)7-9-2-1-3-11(15)6-9/h1-6,8H,7H2,(H,16,17,18). The van der Waals surface area contributed by atoms with E-state index in [2.05, 4.69) is 26.2 Å². The second-order valence-corrected chi connectivity index (χ2v) is 5.07. The molecule has 5 heteroatoms. The van der Waals surface area contributed by atoms with Gasteiger partial charge in [0.2, 0.25) is 5.91 Å². The third kappa shape index (κ3) is 3.82. The average Bonchev–Trinajstić information content (AvgIpc) is 2.28. The molecule has 1 heterocycles. The highest BCUT2D eigenvalue weighted by Crippen LogP contribution is 2.14. The van der Waals surface area contributed by atoms with Crippen molar-refractivity contribution in [2.45, 2.75) is 6.42 Å². The molecular weight excluding hydrogens is 316 g/mol. The number of nitrogens with zero attached hydrogens (tertiary/aromatic N) is 1. The van der Waals surface area contributed by atoms with Gasteiger partial charge in [0, 0.05) is 15.7 Å². The van der Waals surface area contributed by atoms with Crippen molar-refractivity contribution in [3.63, 3.8) is 0 Å². The van der Waals surface area contributed by atoms with Crippen LogP contribution in [0.2, 0.25) is 5.02 Å². The van der Waals surface area contributed by atoms with E-state index in [1.807, 2.05) is 12.1 Å². The zero-order valence-corrected chi connectivity index (χ0v) is 11.7. The van der Waals surface area contributed by atoms with Gasteiger partial charge in [0.15, 0.2) is 0 Å². The van der Waals surface area contributed by atoms with E-state index in [-0.39, 0.29) is 12.3 Å². The lowest BCUT2D eigenvalue weighted by molar-refractivity contribution is -0.115. The maximum atomic E-state index is 11.8. The molecule has 1 amide bonds. The molecule has 0 aliphatic heterocycles. The maximum Gasteiger partial charge on any atom is 0.229 e. The number of amides is 1. The topological polar surface area (TPSA) is 42.0 Å². The summed E-state index contributed by atoms with van der Waals surface area (Å²) in [4.78, 5) is 15.8. The highest BCUT2D eigenvalue weighted by Gasteiger charge is 2.05. The van der Waals surface area contributed by atoms with Gasteiger partial charge in [-0.05, 0) is 29.8 Å². The second-order valence-electron chi connectivity index (χ2n) is 3.71. The Morgan fingerprint density at radius 2 is 2.17 bits per heavy atom. The fourth-order valence-electron chi connectivity index (χ4n) is 1.49. The van der Waals surface area contributed by atoms with Crippen molar-refractivity contribution >= 4 is 39.3 Å². The zero-order chi connectivity index (χ0) is 13.0. The molecule has 0 aliphatic carbocycles. The summed E-state index contributed by atoms with van der Waals surface area (Å²) in [6, 6.07) is 10.8. The fraction of sp³-hybridized carbons (Fsp3) is 0.0769. The largest absolute Gasteiger partial charge is 0.310 e. The SMILES string of the molecule is O=C(Cc1cccc(Cl)c1)Nc1cc(Br)ccn1. The van der Waals surface area contributed by atoms with Gasteiger partial charge < -0.3 is 5.32 Å². The first-order valence-electron chi connectivity index (χ1n) is 5.29. The molecule has 2 rings (SSSR count). The molecule has 0 aliphatic rings. The summed E-state index contributed by atoms with van der Waals surface area (Å²) in [6.07, 6.45) is 1.90. The van der Waals surface area contributed by atoms with Gasteiger partial charge in [0.1, 0.15) is 5.82 Å². The van der Waals surface area contributed by atoms with Gasteiger partial charge >= 0.3 is 0 Å². The number of nitrogens with one attached hydrogen (secondary N) is 1. The molecule has 18 heavy (non-hydrogen) atoms. The molecule has 92 valence electrons. The number of pyridine rings is 1. The molecule has 0 fully saturated rings. The van der Waals surface area contributed by atoms with E-state index in [1.54, 1.807) is 30.5 Å². The summed E-state index contributed by atoms with van der Waals surface area (Å²) in [5, 5.41) is 3.35. The Kier molecular flexibility index (Phi) is 4.33. The average molecular weight is 326 g/mol. The van der Waals surface area contributed by atoms with Crippen LogP contribution >= 0.6 is 27.5 Å². The zero-order valence-electron chi connectivity index (χ0n) is 9.36. The van der Waals surface area contributed by atoms with Gasteiger partial charge in [-0.15, -0.1) is 0 Å². The summed E-state index contributed by atoms with van der Waals surface area (Å²) in [7, 11) is 0. The molecule has 2 aromatic rings. The molecule has 0 radical (unpaired) electrons. The van der Waals surface area contributed by atoms with E-state index in [1.165, 1.54) is 0 Å². The van der Waals surface area contributed by atoms with E-state index < -0.39 is 0 Å².